The molecule has 0 fully saturated rings. The molecule has 1 heterocycles. The topological polar surface area (TPSA) is 12.0 Å². The van der Waals surface area contributed by atoms with Crippen LogP contribution in [0.15, 0.2) is 30.3 Å². The van der Waals surface area contributed by atoms with Crippen molar-refractivity contribution in [3.8, 4) is 0 Å². The number of nitrogens with one attached hydrogen (secondary N) is 1. The predicted molar refractivity (Wildman–Crippen MR) is 47.2 cm³/mol. The Morgan fingerprint density at radius 2 is 2.08 bits per heavy atom. The van der Waals surface area contributed by atoms with Gasteiger partial charge < -0.3 is 5.32 Å². The van der Waals surface area contributed by atoms with Crippen LogP contribution < -0.4 is 5.32 Å². The molecule has 0 amide bonds. The molecular weight excluding hydrogens is 153 g/mol. The van der Waals surface area contributed by atoms with Crippen LogP contribution >= 0.6 is 0 Å². The van der Waals surface area contributed by atoms with Crippen molar-refractivity contribution in [3.63, 3.8) is 0 Å². The first-order valence-electron chi connectivity index (χ1n) is 4.02. The molecule has 0 bridgehead atoms. The van der Waals surface area contributed by atoms with Crippen molar-refractivity contribution in [1.82, 2.24) is 5.32 Å². The van der Waals surface area contributed by atoms with Crippen molar-refractivity contribution in [1.29, 1.82) is 0 Å². The van der Waals surface area contributed by atoms with Crippen LogP contribution in [0.4, 0.5) is 4.39 Å². The zero-order valence-corrected chi connectivity index (χ0v) is 6.68. The summed E-state index contributed by atoms with van der Waals surface area (Å²) in [6, 6.07) is 6.88. The highest BCUT2D eigenvalue weighted by atomic mass is 19.1. The summed E-state index contributed by atoms with van der Waals surface area (Å²) in [5, 5.41) is 3.14. The Morgan fingerprint density at radius 3 is 2.75 bits per heavy atom. The van der Waals surface area contributed by atoms with Crippen LogP contribution in [0.2, 0.25) is 0 Å². The summed E-state index contributed by atoms with van der Waals surface area (Å²) in [6.45, 7) is 1.63. The van der Waals surface area contributed by atoms with Crippen LogP contribution in [0, 0.1) is 5.82 Å². The summed E-state index contributed by atoms with van der Waals surface area (Å²) >= 11 is 0. The van der Waals surface area contributed by atoms with Gasteiger partial charge in [-0.2, -0.15) is 0 Å². The van der Waals surface area contributed by atoms with Crippen LogP contribution in [-0.4, -0.2) is 13.1 Å². The minimum Gasteiger partial charge on any atom is -0.309 e. The van der Waals surface area contributed by atoms with Gasteiger partial charge in [0.1, 0.15) is 5.82 Å². The molecule has 2 rings (SSSR count). The largest absolute Gasteiger partial charge is 0.309 e. The van der Waals surface area contributed by atoms with Crippen LogP contribution in [0.3, 0.4) is 0 Å². The molecule has 1 aliphatic heterocycles. The summed E-state index contributed by atoms with van der Waals surface area (Å²) in [7, 11) is 0. The van der Waals surface area contributed by atoms with Crippen LogP contribution in [-0.2, 0) is 0 Å². The van der Waals surface area contributed by atoms with E-state index in [2.05, 4.69) is 5.32 Å². The molecule has 62 valence electrons. The first-order valence-corrected chi connectivity index (χ1v) is 4.02. The SMILES string of the molecule is Fc1ccccc1C1=CCNC1. The summed E-state index contributed by atoms with van der Waals surface area (Å²) in [6.07, 6.45) is 2.03. The van der Waals surface area contributed by atoms with Gasteiger partial charge in [-0.05, 0) is 11.6 Å². The second kappa shape index (κ2) is 3.07. The molecular formula is C10H10FN. The Bertz CT molecular complexity index is 317. The summed E-state index contributed by atoms with van der Waals surface area (Å²) in [4.78, 5) is 0. The Kier molecular flexibility index (Phi) is 1.92. The van der Waals surface area contributed by atoms with E-state index in [1.54, 1.807) is 6.07 Å². The average Bonchev–Trinajstić information content (AvgIpc) is 2.57. The van der Waals surface area contributed by atoms with Crippen LogP contribution in [0.1, 0.15) is 5.56 Å². The second-order valence-electron chi connectivity index (χ2n) is 2.84. The fraction of sp³-hybridized carbons (Fsp3) is 0.200. The van der Waals surface area contributed by atoms with Gasteiger partial charge in [-0.25, -0.2) is 4.39 Å². The second-order valence-corrected chi connectivity index (χ2v) is 2.84. The predicted octanol–water partition coefficient (Wildman–Crippen LogP) is 1.81. The van der Waals surface area contributed by atoms with E-state index in [0.29, 0.717) is 0 Å². The molecule has 1 aromatic carbocycles. The fourth-order valence-electron chi connectivity index (χ4n) is 1.40. The third-order valence-electron chi connectivity index (χ3n) is 2.03. The molecule has 0 aliphatic carbocycles. The lowest BCUT2D eigenvalue weighted by Gasteiger charge is -2.02. The monoisotopic (exact) mass is 163 g/mol. The summed E-state index contributed by atoms with van der Waals surface area (Å²) in [5.41, 5.74) is 1.79. The van der Waals surface area contributed by atoms with Crippen molar-refractivity contribution in [2.24, 2.45) is 0 Å². The van der Waals surface area contributed by atoms with Gasteiger partial charge in [-0.3, -0.25) is 0 Å². The van der Waals surface area contributed by atoms with Crippen LogP contribution in [0.5, 0.6) is 0 Å². The van der Waals surface area contributed by atoms with Gasteiger partial charge in [0, 0.05) is 18.7 Å². The van der Waals surface area contributed by atoms with E-state index in [-0.39, 0.29) is 5.82 Å². The van der Waals surface area contributed by atoms with E-state index in [4.69, 9.17) is 0 Å². The lowest BCUT2D eigenvalue weighted by Crippen LogP contribution is -2.07. The molecule has 1 nitrogen and oxygen atoms in total. The van der Waals surface area contributed by atoms with Gasteiger partial charge in [-0.15, -0.1) is 0 Å². The highest BCUT2D eigenvalue weighted by molar-refractivity contribution is 5.69. The van der Waals surface area contributed by atoms with E-state index in [0.717, 1.165) is 24.2 Å². The van der Waals surface area contributed by atoms with Gasteiger partial charge in [-0.1, -0.05) is 24.3 Å². The third kappa shape index (κ3) is 1.25. The third-order valence-corrected chi connectivity index (χ3v) is 2.03. The molecule has 0 spiro atoms. The van der Waals surface area contributed by atoms with Gasteiger partial charge in [0.05, 0.1) is 0 Å². The molecule has 0 unspecified atom stereocenters. The summed E-state index contributed by atoms with van der Waals surface area (Å²) in [5.74, 6) is -0.132. The van der Waals surface area contributed by atoms with Gasteiger partial charge in [0.2, 0.25) is 0 Å². The molecule has 0 saturated carbocycles. The number of rotatable bonds is 1. The summed E-state index contributed by atoms with van der Waals surface area (Å²) < 4.78 is 13.2. The maximum Gasteiger partial charge on any atom is 0.130 e. The molecule has 0 saturated heterocycles. The smallest absolute Gasteiger partial charge is 0.130 e. The maximum atomic E-state index is 13.2. The Morgan fingerprint density at radius 1 is 1.25 bits per heavy atom. The Labute approximate surface area is 70.9 Å². The zero-order valence-electron chi connectivity index (χ0n) is 6.68. The molecule has 1 aromatic rings. The lowest BCUT2D eigenvalue weighted by molar-refractivity contribution is 0.623. The van der Waals surface area contributed by atoms with E-state index < -0.39 is 0 Å². The minimum absolute atomic E-state index is 0.132. The minimum atomic E-state index is -0.132. The maximum absolute atomic E-state index is 13.2. The van der Waals surface area contributed by atoms with Gasteiger partial charge in [0.15, 0.2) is 0 Å². The Hall–Kier alpha value is -1.15. The lowest BCUT2D eigenvalue weighted by atomic mass is 10.1. The normalized spacial score (nSPS) is 16.2. The van der Waals surface area contributed by atoms with Crippen molar-refractivity contribution in [2.75, 3.05) is 13.1 Å². The first-order chi connectivity index (χ1) is 5.88. The van der Waals surface area contributed by atoms with E-state index in [1.807, 2.05) is 18.2 Å². The molecule has 0 atom stereocenters. The molecule has 12 heavy (non-hydrogen) atoms. The standard InChI is InChI=1S/C10H10FN/c11-10-4-2-1-3-9(10)8-5-6-12-7-8/h1-5,12H,6-7H2. The average molecular weight is 163 g/mol. The zero-order chi connectivity index (χ0) is 8.39. The van der Waals surface area contributed by atoms with Gasteiger partial charge in [0.25, 0.3) is 0 Å². The highest BCUT2D eigenvalue weighted by Gasteiger charge is 2.09. The number of benzene rings is 1. The van der Waals surface area contributed by atoms with Crippen molar-refractivity contribution in [2.45, 2.75) is 0 Å². The van der Waals surface area contributed by atoms with E-state index in [9.17, 15) is 4.39 Å². The fourth-order valence-corrected chi connectivity index (χ4v) is 1.40. The highest BCUT2D eigenvalue weighted by Crippen LogP contribution is 2.18. The van der Waals surface area contributed by atoms with E-state index in [1.165, 1.54) is 6.07 Å². The van der Waals surface area contributed by atoms with Crippen molar-refractivity contribution >= 4 is 5.57 Å². The van der Waals surface area contributed by atoms with Gasteiger partial charge >= 0.3 is 0 Å². The molecule has 1 N–H and O–H groups in total. The number of hydrogen-bond donors (Lipinski definition) is 1. The van der Waals surface area contributed by atoms with Crippen LogP contribution in [0.25, 0.3) is 5.57 Å². The molecule has 0 aromatic heterocycles. The van der Waals surface area contributed by atoms with Crippen molar-refractivity contribution < 1.29 is 4.39 Å². The van der Waals surface area contributed by atoms with Crippen molar-refractivity contribution in [3.05, 3.63) is 41.7 Å². The molecule has 0 radical (unpaired) electrons. The first kappa shape index (κ1) is 7.50. The molecule has 1 aliphatic rings. The quantitative estimate of drug-likeness (QED) is 0.665. The number of halogens is 1. The number of hydrogen-bond acceptors (Lipinski definition) is 1. The van der Waals surface area contributed by atoms with E-state index >= 15 is 0 Å². The Balaban J connectivity index is 2.39. The molecule has 2 heteroatoms.